The lowest BCUT2D eigenvalue weighted by atomic mass is 9.98. The lowest BCUT2D eigenvalue weighted by molar-refractivity contribution is 0.470. The molecule has 0 heterocycles. The van der Waals surface area contributed by atoms with Crippen LogP contribution in [0.25, 0.3) is 0 Å². The first-order valence-corrected chi connectivity index (χ1v) is 5.44. The van der Waals surface area contributed by atoms with Gasteiger partial charge in [-0.1, -0.05) is 25.8 Å². The van der Waals surface area contributed by atoms with E-state index >= 15 is 0 Å². The van der Waals surface area contributed by atoms with E-state index in [0.29, 0.717) is 5.75 Å². The third-order valence-electron chi connectivity index (χ3n) is 2.92. The quantitative estimate of drug-likeness (QED) is 0.720. The van der Waals surface area contributed by atoms with E-state index in [2.05, 4.69) is 13.8 Å². The number of unbranched alkanes of at least 4 members (excludes halogenated alkanes) is 2. The second-order valence-corrected chi connectivity index (χ2v) is 3.95. The molecule has 0 atom stereocenters. The van der Waals surface area contributed by atoms with Crippen molar-refractivity contribution < 1.29 is 5.11 Å². The SMILES string of the molecule is CCCCCc1ccc(O)c(C)c1C. The molecule has 0 spiro atoms. The number of hydrogen-bond donors (Lipinski definition) is 1. The molecule has 0 saturated carbocycles. The van der Waals surface area contributed by atoms with Crippen LogP contribution in [0.4, 0.5) is 0 Å². The van der Waals surface area contributed by atoms with Gasteiger partial charge in [-0.05, 0) is 49.4 Å². The second kappa shape index (κ2) is 5.04. The van der Waals surface area contributed by atoms with Crippen molar-refractivity contribution in [3.8, 4) is 5.75 Å². The van der Waals surface area contributed by atoms with Gasteiger partial charge >= 0.3 is 0 Å². The molecule has 0 amide bonds. The van der Waals surface area contributed by atoms with Crippen LogP contribution >= 0.6 is 0 Å². The Morgan fingerprint density at radius 2 is 1.79 bits per heavy atom. The molecule has 0 unspecified atom stereocenters. The molecule has 1 N–H and O–H groups in total. The van der Waals surface area contributed by atoms with Gasteiger partial charge in [0, 0.05) is 0 Å². The molecular formula is C13H20O. The zero-order valence-corrected chi connectivity index (χ0v) is 9.43. The van der Waals surface area contributed by atoms with E-state index < -0.39 is 0 Å². The molecule has 0 aliphatic carbocycles. The van der Waals surface area contributed by atoms with Gasteiger partial charge in [0.2, 0.25) is 0 Å². The van der Waals surface area contributed by atoms with Crippen LogP contribution in [0.15, 0.2) is 12.1 Å². The predicted molar refractivity (Wildman–Crippen MR) is 60.8 cm³/mol. The number of benzene rings is 1. The molecule has 0 aliphatic heterocycles. The van der Waals surface area contributed by atoms with Crippen LogP contribution in [-0.2, 0) is 6.42 Å². The number of phenolic OH excluding ortho intramolecular Hbond substituents is 1. The standard InChI is InChI=1S/C13H20O/c1-4-5-6-7-12-8-9-13(14)11(3)10(12)2/h8-9,14H,4-7H2,1-3H3. The molecule has 14 heavy (non-hydrogen) atoms. The van der Waals surface area contributed by atoms with Crippen molar-refractivity contribution in [3.05, 3.63) is 28.8 Å². The van der Waals surface area contributed by atoms with E-state index in [-0.39, 0.29) is 0 Å². The fourth-order valence-corrected chi connectivity index (χ4v) is 1.70. The molecular weight excluding hydrogens is 172 g/mol. The van der Waals surface area contributed by atoms with Crippen molar-refractivity contribution >= 4 is 0 Å². The Morgan fingerprint density at radius 3 is 2.43 bits per heavy atom. The van der Waals surface area contributed by atoms with Gasteiger partial charge in [0.05, 0.1) is 0 Å². The Kier molecular flexibility index (Phi) is 3.99. The lowest BCUT2D eigenvalue weighted by Gasteiger charge is -2.09. The van der Waals surface area contributed by atoms with Crippen molar-refractivity contribution in [1.82, 2.24) is 0 Å². The zero-order chi connectivity index (χ0) is 10.6. The third kappa shape index (κ3) is 2.50. The van der Waals surface area contributed by atoms with Crippen LogP contribution < -0.4 is 0 Å². The first-order chi connectivity index (χ1) is 6.66. The third-order valence-corrected chi connectivity index (χ3v) is 2.92. The number of aryl methyl sites for hydroxylation is 1. The van der Waals surface area contributed by atoms with Gasteiger partial charge in [-0.15, -0.1) is 0 Å². The van der Waals surface area contributed by atoms with Gasteiger partial charge in [0.25, 0.3) is 0 Å². The molecule has 0 aliphatic rings. The smallest absolute Gasteiger partial charge is 0.118 e. The normalized spacial score (nSPS) is 10.5. The number of hydrogen-bond acceptors (Lipinski definition) is 1. The molecule has 0 aromatic heterocycles. The van der Waals surface area contributed by atoms with Crippen molar-refractivity contribution in [2.75, 3.05) is 0 Å². The molecule has 0 radical (unpaired) electrons. The minimum Gasteiger partial charge on any atom is -0.508 e. The maximum Gasteiger partial charge on any atom is 0.118 e. The van der Waals surface area contributed by atoms with Crippen molar-refractivity contribution in [2.24, 2.45) is 0 Å². The zero-order valence-electron chi connectivity index (χ0n) is 9.43. The topological polar surface area (TPSA) is 20.2 Å². The van der Waals surface area contributed by atoms with Gasteiger partial charge < -0.3 is 5.11 Å². The summed E-state index contributed by atoms with van der Waals surface area (Å²) in [6.07, 6.45) is 4.94. The van der Waals surface area contributed by atoms with Gasteiger partial charge in [0.15, 0.2) is 0 Å². The Bertz CT molecular complexity index is 302. The highest BCUT2D eigenvalue weighted by Crippen LogP contribution is 2.23. The first-order valence-electron chi connectivity index (χ1n) is 5.44. The van der Waals surface area contributed by atoms with Crippen LogP contribution in [-0.4, -0.2) is 5.11 Å². The molecule has 1 nitrogen and oxygen atoms in total. The fourth-order valence-electron chi connectivity index (χ4n) is 1.70. The van der Waals surface area contributed by atoms with Crippen molar-refractivity contribution in [2.45, 2.75) is 46.5 Å². The lowest BCUT2D eigenvalue weighted by Crippen LogP contribution is -1.93. The summed E-state index contributed by atoms with van der Waals surface area (Å²) in [5, 5.41) is 9.50. The Hall–Kier alpha value is -0.980. The monoisotopic (exact) mass is 192 g/mol. The minimum absolute atomic E-state index is 0.418. The largest absolute Gasteiger partial charge is 0.508 e. The summed E-state index contributed by atoms with van der Waals surface area (Å²) < 4.78 is 0. The Morgan fingerprint density at radius 1 is 1.07 bits per heavy atom. The van der Waals surface area contributed by atoms with E-state index in [9.17, 15) is 5.11 Å². The summed E-state index contributed by atoms with van der Waals surface area (Å²) >= 11 is 0. The number of phenols is 1. The van der Waals surface area contributed by atoms with Gasteiger partial charge in [0.1, 0.15) is 5.75 Å². The van der Waals surface area contributed by atoms with E-state index in [1.807, 2.05) is 19.1 Å². The van der Waals surface area contributed by atoms with E-state index in [1.54, 1.807) is 0 Å². The Balaban J connectivity index is 2.73. The molecule has 78 valence electrons. The van der Waals surface area contributed by atoms with E-state index in [1.165, 1.54) is 30.4 Å². The van der Waals surface area contributed by atoms with Crippen LogP contribution in [0.1, 0.15) is 42.9 Å². The van der Waals surface area contributed by atoms with E-state index in [4.69, 9.17) is 0 Å². The summed E-state index contributed by atoms with van der Waals surface area (Å²) in [5.41, 5.74) is 3.66. The van der Waals surface area contributed by atoms with Gasteiger partial charge in [-0.25, -0.2) is 0 Å². The fraction of sp³-hybridized carbons (Fsp3) is 0.538. The van der Waals surface area contributed by atoms with Crippen molar-refractivity contribution in [1.29, 1.82) is 0 Å². The maximum absolute atomic E-state index is 9.50. The van der Waals surface area contributed by atoms with Crippen molar-refractivity contribution in [3.63, 3.8) is 0 Å². The molecule has 0 bridgehead atoms. The second-order valence-electron chi connectivity index (χ2n) is 3.95. The highest BCUT2D eigenvalue weighted by Gasteiger charge is 2.04. The summed E-state index contributed by atoms with van der Waals surface area (Å²) in [7, 11) is 0. The summed E-state index contributed by atoms with van der Waals surface area (Å²) in [4.78, 5) is 0. The summed E-state index contributed by atoms with van der Waals surface area (Å²) in [6.45, 7) is 6.29. The molecule has 1 rings (SSSR count). The van der Waals surface area contributed by atoms with Crippen LogP contribution in [0.3, 0.4) is 0 Å². The molecule has 0 fully saturated rings. The highest BCUT2D eigenvalue weighted by molar-refractivity contribution is 5.42. The van der Waals surface area contributed by atoms with Crippen LogP contribution in [0.5, 0.6) is 5.75 Å². The molecule has 1 aromatic rings. The molecule has 1 heteroatoms. The minimum atomic E-state index is 0.418. The first kappa shape index (κ1) is 11.1. The average Bonchev–Trinajstić information content (AvgIpc) is 2.18. The van der Waals surface area contributed by atoms with Crippen LogP contribution in [0, 0.1) is 13.8 Å². The highest BCUT2D eigenvalue weighted by atomic mass is 16.3. The summed E-state index contributed by atoms with van der Waals surface area (Å²) in [6, 6.07) is 3.86. The molecule has 1 aromatic carbocycles. The Labute approximate surface area is 86.8 Å². The van der Waals surface area contributed by atoms with E-state index in [0.717, 1.165) is 12.0 Å². The molecule has 0 saturated heterocycles. The predicted octanol–water partition coefficient (Wildman–Crippen LogP) is 3.74. The maximum atomic E-state index is 9.50. The van der Waals surface area contributed by atoms with Crippen LogP contribution in [0.2, 0.25) is 0 Å². The average molecular weight is 192 g/mol. The number of rotatable bonds is 4. The van der Waals surface area contributed by atoms with Gasteiger partial charge in [-0.3, -0.25) is 0 Å². The summed E-state index contributed by atoms with van der Waals surface area (Å²) in [5.74, 6) is 0.418. The number of aromatic hydroxyl groups is 1. The van der Waals surface area contributed by atoms with Gasteiger partial charge in [-0.2, -0.15) is 0 Å².